The topological polar surface area (TPSA) is 37.8 Å². The fourth-order valence-electron chi connectivity index (χ4n) is 1.93. The van der Waals surface area contributed by atoms with E-state index in [1.807, 2.05) is 6.92 Å². The fraction of sp³-hybridized carbons (Fsp3) is 0.429. The van der Waals surface area contributed by atoms with Crippen LogP contribution in [0.1, 0.15) is 15.4 Å². The average Bonchev–Trinajstić information content (AvgIpc) is 2.83. The van der Waals surface area contributed by atoms with Gasteiger partial charge in [0.05, 0.1) is 5.01 Å². The van der Waals surface area contributed by atoms with Crippen LogP contribution in [0.3, 0.4) is 0 Å². The van der Waals surface area contributed by atoms with Gasteiger partial charge in [-0.05, 0) is 31.0 Å². The Bertz CT molecular complexity index is 554. The average molecular weight is 315 g/mol. The van der Waals surface area contributed by atoms with Crippen molar-refractivity contribution in [2.45, 2.75) is 32.0 Å². The highest BCUT2D eigenvalue weighted by molar-refractivity contribution is 7.11. The van der Waals surface area contributed by atoms with Gasteiger partial charge >= 0.3 is 6.18 Å². The van der Waals surface area contributed by atoms with Gasteiger partial charge in [-0.15, -0.1) is 11.3 Å². The van der Waals surface area contributed by atoms with Crippen LogP contribution in [0.25, 0.3) is 0 Å². The molecule has 2 aromatic rings. The van der Waals surface area contributed by atoms with Gasteiger partial charge in [-0.3, -0.25) is 4.98 Å². The lowest BCUT2D eigenvalue weighted by molar-refractivity contribution is -0.155. The summed E-state index contributed by atoms with van der Waals surface area (Å²) in [5.41, 5.74) is 0.616. The molecule has 7 heteroatoms. The van der Waals surface area contributed by atoms with Gasteiger partial charge in [-0.2, -0.15) is 13.2 Å². The minimum atomic E-state index is -4.28. The standard InChI is InChI=1S/C14H16F3N3S/c1-10-9-20-13(21-10)4-7-19-12(14(15,16)17)8-11-2-5-18-6-3-11/h2-3,5-6,9,12,19H,4,7-8H2,1H3/t12-/m0/s1. The number of thiazole rings is 1. The number of nitrogens with zero attached hydrogens (tertiary/aromatic N) is 2. The van der Waals surface area contributed by atoms with Gasteiger partial charge in [0.15, 0.2) is 0 Å². The molecule has 1 atom stereocenters. The number of rotatable bonds is 6. The first-order valence-electron chi connectivity index (χ1n) is 6.55. The van der Waals surface area contributed by atoms with Crippen LogP contribution in [0.5, 0.6) is 0 Å². The highest BCUT2D eigenvalue weighted by Crippen LogP contribution is 2.23. The molecule has 3 nitrogen and oxygen atoms in total. The molecule has 2 heterocycles. The van der Waals surface area contributed by atoms with Crippen LogP contribution in [0, 0.1) is 6.92 Å². The summed E-state index contributed by atoms with van der Waals surface area (Å²) in [6.07, 6.45) is 0.868. The Balaban J connectivity index is 1.91. The summed E-state index contributed by atoms with van der Waals surface area (Å²) in [5.74, 6) is 0. The van der Waals surface area contributed by atoms with Crippen molar-refractivity contribution in [1.82, 2.24) is 15.3 Å². The molecule has 1 N–H and O–H groups in total. The summed E-state index contributed by atoms with van der Waals surface area (Å²) in [5, 5.41) is 3.44. The smallest absolute Gasteiger partial charge is 0.305 e. The monoisotopic (exact) mass is 315 g/mol. The number of hydrogen-bond donors (Lipinski definition) is 1. The first-order valence-corrected chi connectivity index (χ1v) is 7.37. The lowest BCUT2D eigenvalue weighted by atomic mass is 10.1. The number of alkyl halides is 3. The van der Waals surface area contributed by atoms with Gasteiger partial charge in [0.2, 0.25) is 0 Å². The third-order valence-electron chi connectivity index (χ3n) is 2.98. The minimum absolute atomic E-state index is 0.0943. The van der Waals surface area contributed by atoms with Crippen molar-refractivity contribution in [2.24, 2.45) is 0 Å². The second-order valence-electron chi connectivity index (χ2n) is 4.72. The zero-order valence-corrected chi connectivity index (χ0v) is 12.3. The van der Waals surface area contributed by atoms with E-state index in [-0.39, 0.29) is 13.0 Å². The molecule has 0 saturated heterocycles. The van der Waals surface area contributed by atoms with E-state index in [1.165, 1.54) is 23.7 Å². The Labute approximate surface area is 125 Å². The van der Waals surface area contributed by atoms with Crippen LogP contribution in [-0.2, 0) is 12.8 Å². The quantitative estimate of drug-likeness (QED) is 0.890. The number of aryl methyl sites for hydroxylation is 1. The molecular weight excluding hydrogens is 299 g/mol. The Hall–Kier alpha value is -1.47. The summed E-state index contributed by atoms with van der Waals surface area (Å²) < 4.78 is 39.1. The van der Waals surface area contributed by atoms with Crippen LogP contribution in [0.2, 0.25) is 0 Å². The van der Waals surface area contributed by atoms with E-state index in [1.54, 1.807) is 18.3 Å². The van der Waals surface area contributed by atoms with Gasteiger partial charge in [0.1, 0.15) is 6.04 Å². The molecule has 0 unspecified atom stereocenters. The fourth-order valence-corrected chi connectivity index (χ4v) is 2.72. The third kappa shape index (κ3) is 5.09. The van der Waals surface area contributed by atoms with Crippen molar-refractivity contribution >= 4 is 11.3 Å². The highest BCUT2D eigenvalue weighted by atomic mass is 32.1. The number of halogens is 3. The van der Waals surface area contributed by atoms with Gasteiger partial charge < -0.3 is 5.32 Å². The lowest BCUT2D eigenvalue weighted by Crippen LogP contribution is -2.44. The molecule has 0 aliphatic rings. The number of nitrogens with one attached hydrogen (secondary N) is 1. The van der Waals surface area contributed by atoms with Crippen molar-refractivity contribution in [3.63, 3.8) is 0 Å². The van der Waals surface area contributed by atoms with Crippen molar-refractivity contribution in [3.8, 4) is 0 Å². The van der Waals surface area contributed by atoms with Gasteiger partial charge in [0, 0.05) is 36.4 Å². The molecule has 0 bridgehead atoms. The molecule has 0 fully saturated rings. The molecule has 114 valence electrons. The summed E-state index contributed by atoms with van der Waals surface area (Å²) in [6.45, 7) is 2.18. The Morgan fingerprint density at radius 3 is 2.57 bits per heavy atom. The van der Waals surface area contributed by atoms with Gasteiger partial charge in [-0.1, -0.05) is 0 Å². The predicted octanol–water partition coefficient (Wildman–Crippen LogP) is 3.15. The molecule has 0 aliphatic carbocycles. The maximum atomic E-state index is 13.0. The van der Waals surface area contributed by atoms with E-state index >= 15 is 0 Å². The second kappa shape index (κ2) is 7.00. The van der Waals surface area contributed by atoms with Crippen LogP contribution >= 0.6 is 11.3 Å². The Morgan fingerprint density at radius 2 is 2.00 bits per heavy atom. The Morgan fingerprint density at radius 1 is 1.29 bits per heavy atom. The number of aromatic nitrogens is 2. The normalized spacial score (nSPS) is 13.3. The lowest BCUT2D eigenvalue weighted by Gasteiger charge is -2.21. The minimum Gasteiger partial charge on any atom is -0.305 e. The Kier molecular flexibility index (Phi) is 5.30. The SMILES string of the molecule is Cc1cnc(CCN[C@@H](Cc2ccncc2)C(F)(F)F)s1. The molecule has 0 radical (unpaired) electrons. The van der Waals surface area contributed by atoms with E-state index in [9.17, 15) is 13.2 Å². The highest BCUT2D eigenvalue weighted by Gasteiger charge is 2.39. The van der Waals surface area contributed by atoms with Gasteiger partial charge in [0.25, 0.3) is 0 Å². The van der Waals surface area contributed by atoms with E-state index in [0.29, 0.717) is 12.0 Å². The molecule has 21 heavy (non-hydrogen) atoms. The zero-order valence-electron chi connectivity index (χ0n) is 11.5. The molecule has 0 saturated carbocycles. The van der Waals surface area contributed by atoms with E-state index in [0.717, 1.165) is 9.88 Å². The van der Waals surface area contributed by atoms with Crippen molar-refractivity contribution in [2.75, 3.05) is 6.54 Å². The van der Waals surface area contributed by atoms with E-state index in [2.05, 4.69) is 15.3 Å². The molecule has 0 aromatic carbocycles. The zero-order chi connectivity index (χ0) is 15.3. The summed E-state index contributed by atoms with van der Waals surface area (Å²) in [6, 6.07) is 1.65. The molecular formula is C14H16F3N3S. The molecule has 2 rings (SSSR count). The van der Waals surface area contributed by atoms with Crippen LogP contribution < -0.4 is 5.32 Å². The largest absolute Gasteiger partial charge is 0.404 e. The number of pyridine rings is 1. The summed E-state index contributed by atoms with van der Waals surface area (Å²) >= 11 is 1.51. The molecule has 0 spiro atoms. The maximum absolute atomic E-state index is 13.0. The predicted molar refractivity (Wildman–Crippen MR) is 76.3 cm³/mol. The molecule has 0 amide bonds. The van der Waals surface area contributed by atoms with Crippen molar-refractivity contribution in [1.29, 1.82) is 0 Å². The summed E-state index contributed by atoms with van der Waals surface area (Å²) in [7, 11) is 0. The number of hydrogen-bond acceptors (Lipinski definition) is 4. The molecule has 0 aliphatic heterocycles. The maximum Gasteiger partial charge on any atom is 0.404 e. The van der Waals surface area contributed by atoms with Crippen LogP contribution in [-0.4, -0.2) is 28.7 Å². The summed E-state index contributed by atoms with van der Waals surface area (Å²) in [4.78, 5) is 9.02. The third-order valence-corrected chi connectivity index (χ3v) is 3.96. The van der Waals surface area contributed by atoms with E-state index in [4.69, 9.17) is 0 Å². The van der Waals surface area contributed by atoms with Crippen molar-refractivity contribution < 1.29 is 13.2 Å². The van der Waals surface area contributed by atoms with Gasteiger partial charge in [-0.25, -0.2) is 4.98 Å². The van der Waals surface area contributed by atoms with Crippen LogP contribution in [0.4, 0.5) is 13.2 Å². The first kappa shape index (κ1) is 15.9. The first-order chi connectivity index (χ1) is 9.95. The molecule has 2 aromatic heterocycles. The van der Waals surface area contributed by atoms with Crippen molar-refractivity contribution in [3.05, 3.63) is 46.2 Å². The second-order valence-corrected chi connectivity index (χ2v) is 6.04. The van der Waals surface area contributed by atoms with Crippen LogP contribution in [0.15, 0.2) is 30.7 Å². The van der Waals surface area contributed by atoms with E-state index < -0.39 is 12.2 Å².